The molecule has 1 N–H and O–H groups in total. The van der Waals surface area contributed by atoms with Crippen LogP contribution in [0.5, 0.6) is 0 Å². The number of hydrogen-bond donors (Lipinski definition) is 1. The zero-order valence-electron chi connectivity index (χ0n) is 19.2. The van der Waals surface area contributed by atoms with Gasteiger partial charge in [-0.3, -0.25) is 9.59 Å². The monoisotopic (exact) mass is 439 g/mol. The Kier molecular flexibility index (Phi) is 4.00. The number of fused-ring (bicyclic) bond motifs is 5. The largest absolute Gasteiger partial charge is 0.455 e. The molecular weight excluding hydrogens is 404 g/mol. The van der Waals surface area contributed by atoms with E-state index in [-0.39, 0.29) is 34.8 Å². The summed E-state index contributed by atoms with van der Waals surface area (Å²) in [7, 11) is 0. The first kappa shape index (κ1) is 19.8. The number of likely N-dealkylation sites (tertiary alicyclic amines) is 1. The lowest BCUT2D eigenvalue weighted by atomic mass is 9.55. The van der Waals surface area contributed by atoms with Crippen molar-refractivity contribution in [2.45, 2.75) is 75.7 Å². The third-order valence-corrected chi connectivity index (χ3v) is 10.3. The number of carbonyl (C=O) groups excluding carboxylic acids is 1. The lowest BCUT2D eigenvalue weighted by Crippen LogP contribution is -3.15. The summed E-state index contributed by atoms with van der Waals surface area (Å²) < 4.78 is 14.7. The fraction of sp³-hybridized carbons (Fsp3) is 0.769. The molecule has 0 aromatic carbocycles. The zero-order valence-corrected chi connectivity index (χ0v) is 19.2. The molecule has 2 bridgehead atoms. The number of piperidine rings is 1. The SMILES string of the molecule is C[C@H]1CC[C@@H]2[C@@H](C[NH+]3C[C@H]4C[C@@H](C3)c3cccc(=O)n3C4)C(=O)O[C@]23[C@H]1CC[C@@]1(C)O[C@@H]31. The fourth-order valence-corrected chi connectivity index (χ4v) is 8.88. The molecule has 6 nitrogen and oxygen atoms in total. The van der Waals surface area contributed by atoms with Gasteiger partial charge in [0.1, 0.15) is 17.6 Å². The second kappa shape index (κ2) is 6.47. The number of epoxide rings is 1. The second-order valence-electron chi connectivity index (χ2n) is 12.1. The number of nitrogens with zero attached hydrogens (tertiary/aromatic N) is 1. The zero-order chi connectivity index (χ0) is 21.8. The molecule has 1 aromatic rings. The van der Waals surface area contributed by atoms with Gasteiger partial charge in [0.25, 0.3) is 5.56 Å². The van der Waals surface area contributed by atoms with Crippen LogP contribution in [0.15, 0.2) is 23.0 Å². The van der Waals surface area contributed by atoms with E-state index in [0.717, 1.165) is 45.4 Å². The predicted octanol–water partition coefficient (Wildman–Crippen LogP) is 1.38. The number of hydrogen-bond acceptors (Lipinski definition) is 4. The number of pyridine rings is 1. The molecule has 3 saturated heterocycles. The van der Waals surface area contributed by atoms with E-state index in [1.807, 2.05) is 10.6 Å². The van der Waals surface area contributed by atoms with Gasteiger partial charge in [-0.25, -0.2) is 0 Å². The summed E-state index contributed by atoms with van der Waals surface area (Å²) in [5, 5.41) is 0. The molecule has 4 aliphatic heterocycles. The van der Waals surface area contributed by atoms with E-state index in [0.29, 0.717) is 29.6 Å². The van der Waals surface area contributed by atoms with Gasteiger partial charge in [0.15, 0.2) is 0 Å². The molecule has 5 fully saturated rings. The van der Waals surface area contributed by atoms with Crippen molar-refractivity contribution in [3.8, 4) is 0 Å². The molecule has 7 rings (SSSR count). The number of aromatic nitrogens is 1. The lowest BCUT2D eigenvalue weighted by molar-refractivity contribution is -0.913. The van der Waals surface area contributed by atoms with Crippen LogP contribution in [0.1, 0.15) is 57.6 Å². The van der Waals surface area contributed by atoms with Crippen LogP contribution in [0.2, 0.25) is 0 Å². The number of quaternary nitrogens is 1. The van der Waals surface area contributed by atoms with Crippen molar-refractivity contribution >= 4 is 5.97 Å². The van der Waals surface area contributed by atoms with Crippen LogP contribution in [0.25, 0.3) is 0 Å². The quantitative estimate of drug-likeness (QED) is 0.559. The maximum absolute atomic E-state index is 13.4. The van der Waals surface area contributed by atoms with Gasteiger partial charge in [-0.15, -0.1) is 0 Å². The number of ether oxygens (including phenoxy) is 2. The van der Waals surface area contributed by atoms with Gasteiger partial charge in [-0.2, -0.15) is 0 Å². The Labute approximate surface area is 189 Å². The van der Waals surface area contributed by atoms with E-state index >= 15 is 0 Å². The van der Waals surface area contributed by atoms with Crippen molar-refractivity contribution in [1.82, 2.24) is 4.57 Å². The van der Waals surface area contributed by atoms with Gasteiger partial charge in [-0.05, 0) is 51.0 Å². The first-order valence-corrected chi connectivity index (χ1v) is 12.8. The Balaban J connectivity index is 1.16. The summed E-state index contributed by atoms with van der Waals surface area (Å²) in [6, 6.07) is 5.71. The van der Waals surface area contributed by atoms with Crippen LogP contribution in [0, 0.1) is 29.6 Å². The maximum Gasteiger partial charge on any atom is 0.315 e. The van der Waals surface area contributed by atoms with Crippen molar-refractivity contribution in [1.29, 1.82) is 0 Å². The molecule has 2 saturated carbocycles. The van der Waals surface area contributed by atoms with Crippen LogP contribution in [-0.2, 0) is 20.8 Å². The van der Waals surface area contributed by atoms with Crippen LogP contribution in [0.3, 0.4) is 0 Å². The summed E-state index contributed by atoms with van der Waals surface area (Å²) in [5.74, 6) is 2.31. The molecule has 2 aliphatic carbocycles. The van der Waals surface area contributed by atoms with Gasteiger partial charge >= 0.3 is 5.97 Å². The topological polar surface area (TPSA) is 65.3 Å². The smallest absolute Gasteiger partial charge is 0.315 e. The lowest BCUT2D eigenvalue weighted by Gasteiger charge is -2.50. The van der Waals surface area contributed by atoms with E-state index in [4.69, 9.17) is 9.47 Å². The summed E-state index contributed by atoms with van der Waals surface area (Å²) in [5.41, 5.74) is 0.871. The minimum Gasteiger partial charge on any atom is -0.455 e. The van der Waals surface area contributed by atoms with Gasteiger partial charge in [0.05, 0.1) is 25.2 Å². The molecule has 1 unspecified atom stereocenters. The Hall–Kier alpha value is -1.66. The minimum absolute atomic E-state index is 0.0108. The van der Waals surface area contributed by atoms with Crippen LogP contribution in [0.4, 0.5) is 0 Å². The Bertz CT molecular complexity index is 1040. The maximum atomic E-state index is 13.4. The number of nitrogens with one attached hydrogen (secondary N) is 1. The van der Waals surface area contributed by atoms with E-state index in [2.05, 4.69) is 19.9 Å². The molecule has 0 radical (unpaired) electrons. The summed E-state index contributed by atoms with van der Waals surface area (Å²) in [4.78, 5) is 27.3. The molecule has 10 atom stereocenters. The number of esters is 1. The van der Waals surface area contributed by atoms with Gasteiger partial charge in [0.2, 0.25) is 0 Å². The Morgan fingerprint density at radius 2 is 2.03 bits per heavy atom. The van der Waals surface area contributed by atoms with E-state index in [9.17, 15) is 9.59 Å². The third-order valence-electron chi connectivity index (χ3n) is 10.3. The van der Waals surface area contributed by atoms with Crippen molar-refractivity contribution < 1.29 is 19.2 Å². The highest BCUT2D eigenvalue weighted by Gasteiger charge is 2.77. The standard InChI is InChI=1S/C26H34N2O4/c1-15-6-7-20-18(23(30)31-26(20)19(15)8-9-25(2)24(26)32-25)14-27-11-16-10-17(13-27)21-4-3-5-22(29)28(21)12-16/h3-5,15-20,24H,6-14H2,1-2H3/p+1/t15-,16+,17-,18+,19-,20+,24+,25+,26+/m0/s1. The Morgan fingerprint density at radius 1 is 1.16 bits per heavy atom. The average molecular weight is 440 g/mol. The van der Waals surface area contributed by atoms with Crippen LogP contribution in [-0.4, -0.2) is 47.5 Å². The van der Waals surface area contributed by atoms with Crippen LogP contribution >= 0.6 is 0 Å². The molecule has 5 heterocycles. The number of rotatable bonds is 2. The van der Waals surface area contributed by atoms with Gasteiger partial charge in [0, 0.05) is 42.0 Å². The number of carbonyl (C=O) groups is 1. The molecular formula is C26H35N2O4+. The highest BCUT2D eigenvalue weighted by Crippen LogP contribution is 2.66. The fourth-order valence-electron chi connectivity index (χ4n) is 8.88. The molecule has 0 amide bonds. The highest BCUT2D eigenvalue weighted by molar-refractivity contribution is 5.77. The summed E-state index contributed by atoms with van der Waals surface area (Å²) >= 11 is 0. The summed E-state index contributed by atoms with van der Waals surface area (Å²) in [6.07, 6.45) is 5.78. The van der Waals surface area contributed by atoms with Crippen molar-refractivity contribution in [2.75, 3.05) is 19.6 Å². The second-order valence-corrected chi connectivity index (χ2v) is 12.1. The average Bonchev–Trinajstić information content (AvgIpc) is 3.39. The van der Waals surface area contributed by atoms with Gasteiger partial charge < -0.3 is 18.9 Å². The molecule has 6 aliphatic rings. The first-order valence-electron chi connectivity index (χ1n) is 12.8. The molecule has 172 valence electrons. The summed E-state index contributed by atoms with van der Waals surface area (Å²) in [6.45, 7) is 8.34. The molecule has 1 spiro atoms. The minimum atomic E-state index is -0.378. The first-order chi connectivity index (χ1) is 15.4. The van der Waals surface area contributed by atoms with Crippen molar-refractivity contribution in [2.24, 2.45) is 29.6 Å². The molecule has 32 heavy (non-hydrogen) atoms. The van der Waals surface area contributed by atoms with Crippen molar-refractivity contribution in [3.63, 3.8) is 0 Å². The van der Waals surface area contributed by atoms with Crippen molar-refractivity contribution in [3.05, 3.63) is 34.2 Å². The normalized spacial score (nSPS) is 50.5. The third kappa shape index (κ3) is 2.54. The van der Waals surface area contributed by atoms with E-state index in [1.54, 1.807) is 6.07 Å². The predicted molar refractivity (Wildman–Crippen MR) is 117 cm³/mol. The van der Waals surface area contributed by atoms with E-state index < -0.39 is 0 Å². The van der Waals surface area contributed by atoms with E-state index in [1.165, 1.54) is 23.4 Å². The molecule has 6 heteroatoms. The molecule has 1 aromatic heterocycles. The Morgan fingerprint density at radius 3 is 2.91 bits per heavy atom. The van der Waals surface area contributed by atoms with Crippen LogP contribution < -0.4 is 10.5 Å². The van der Waals surface area contributed by atoms with Gasteiger partial charge in [-0.1, -0.05) is 13.0 Å². The highest BCUT2D eigenvalue weighted by atomic mass is 16.7.